The summed E-state index contributed by atoms with van der Waals surface area (Å²) in [4.78, 5) is 35.5. The molecule has 0 aliphatic carbocycles. The van der Waals surface area contributed by atoms with E-state index in [9.17, 15) is 14.7 Å². The number of aromatic hydroxyl groups is 1. The van der Waals surface area contributed by atoms with Gasteiger partial charge in [0.25, 0.3) is 11.5 Å². The van der Waals surface area contributed by atoms with E-state index in [0.29, 0.717) is 37.8 Å². The van der Waals surface area contributed by atoms with Gasteiger partial charge in [0.2, 0.25) is 0 Å². The van der Waals surface area contributed by atoms with Crippen LogP contribution in [0.4, 0.5) is 0 Å². The van der Waals surface area contributed by atoms with Gasteiger partial charge in [0, 0.05) is 10.5 Å². The summed E-state index contributed by atoms with van der Waals surface area (Å²) in [5.74, 6) is 0.937. The molecule has 0 aliphatic rings. The van der Waals surface area contributed by atoms with Gasteiger partial charge < -0.3 is 15.4 Å². The molecule has 0 spiro atoms. The Hall–Kier alpha value is -3.10. The predicted molar refractivity (Wildman–Crippen MR) is 134 cm³/mol. The van der Waals surface area contributed by atoms with Crippen molar-refractivity contribution >= 4 is 39.2 Å². The van der Waals surface area contributed by atoms with Crippen LogP contribution in [0.2, 0.25) is 0 Å². The molecule has 8 heteroatoms. The van der Waals surface area contributed by atoms with E-state index >= 15 is 0 Å². The number of phenolic OH excluding ortho intramolecular Hbond substituents is 1. The van der Waals surface area contributed by atoms with Crippen molar-refractivity contribution in [3.05, 3.63) is 85.8 Å². The van der Waals surface area contributed by atoms with Gasteiger partial charge in [-0.1, -0.05) is 35.9 Å². The summed E-state index contributed by atoms with van der Waals surface area (Å²) in [7, 11) is 0. The number of nitrogens with zero attached hydrogens (tertiary/aromatic N) is 1. The van der Waals surface area contributed by atoms with Gasteiger partial charge in [-0.2, -0.15) is 0 Å². The van der Waals surface area contributed by atoms with Gasteiger partial charge in [0.15, 0.2) is 0 Å². The minimum atomic E-state index is -0.390. The zero-order valence-electron chi connectivity index (χ0n) is 18.9. The number of aryl methyl sites for hydroxylation is 3. The van der Waals surface area contributed by atoms with Gasteiger partial charge >= 0.3 is 0 Å². The highest BCUT2D eigenvalue weighted by Crippen LogP contribution is 2.30. The highest BCUT2D eigenvalue weighted by molar-refractivity contribution is 7.98. The zero-order valence-corrected chi connectivity index (χ0v) is 20.5. The molecule has 6 nitrogen and oxygen atoms in total. The minimum absolute atomic E-state index is 0.127. The van der Waals surface area contributed by atoms with Crippen molar-refractivity contribution < 1.29 is 9.90 Å². The monoisotopic (exact) mass is 479 g/mol. The molecule has 2 aromatic carbocycles. The average Bonchev–Trinajstić information content (AvgIpc) is 3.11. The number of benzene rings is 2. The number of aromatic amines is 1. The third-order valence-corrected chi connectivity index (χ3v) is 7.87. The van der Waals surface area contributed by atoms with Crippen molar-refractivity contribution in [2.24, 2.45) is 0 Å². The van der Waals surface area contributed by atoms with E-state index in [2.05, 4.69) is 47.3 Å². The van der Waals surface area contributed by atoms with E-state index in [1.165, 1.54) is 22.5 Å². The Bertz CT molecular complexity index is 1410. The lowest BCUT2D eigenvalue weighted by Gasteiger charge is -2.15. The van der Waals surface area contributed by atoms with Crippen molar-refractivity contribution in [3.8, 4) is 5.75 Å². The molecule has 0 fully saturated rings. The molecule has 4 rings (SSSR count). The molecule has 4 aromatic rings. The van der Waals surface area contributed by atoms with Gasteiger partial charge in [-0.25, -0.2) is 4.98 Å². The molecule has 0 bridgehead atoms. The number of nitrogens with one attached hydrogen (secondary N) is 2. The van der Waals surface area contributed by atoms with Crippen LogP contribution < -0.4 is 10.9 Å². The van der Waals surface area contributed by atoms with E-state index in [4.69, 9.17) is 0 Å². The number of aromatic nitrogens is 2. The number of carbonyl (C=O) groups excluding carboxylic acids is 1. The predicted octanol–water partition coefficient (Wildman–Crippen LogP) is 5.40. The van der Waals surface area contributed by atoms with Gasteiger partial charge in [-0.05, 0) is 51.0 Å². The molecule has 0 aliphatic heterocycles. The van der Waals surface area contributed by atoms with E-state index in [-0.39, 0.29) is 23.3 Å². The van der Waals surface area contributed by atoms with Crippen LogP contribution in [-0.4, -0.2) is 21.0 Å². The molecule has 0 saturated heterocycles. The normalized spacial score (nSPS) is 12.1. The van der Waals surface area contributed by atoms with Crippen LogP contribution in [0.5, 0.6) is 5.75 Å². The average molecular weight is 480 g/mol. The highest BCUT2D eigenvalue weighted by atomic mass is 32.2. The molecule has 0 radical (unpaired) electrons. The van der Waals surface area contributed by atoms with E-state index in [1.54, 1.807) is 36.9 Å². The fourth-order valence-corrected chi connectivity index (χ4v) is 5.77. The molecule has 2 heterocycles. The van der Waals surface area contributed by atoms with Crippen LogP contribution in [0, 0.1) is 20.8 Å². The second-order valence-electron chi connectivity index (χ2n) is 8.06. The number of fused-ring (bicyclic) bond motifs is 1. The van der Waals surface area contributed by atoms with Crippen LogP contribution in [-0.2, 0) is 5.75 Å². The van der Waals surface area contributed by atoms with Crippen molar-refractivity contribution in [1.82, 2.24) is 15.3 Å². The molecule has 1 atom stereocenters. The maximum Gasteiger partial charge on any atom is 0.262 e. The van der Waals surface area contributed by atoms with E-state index in [1.807, 2.05) is 13.0 Å². The third kappa shape index (κ3) is 4.82. The Morgan fingerprint density at radius 2 is 1.97 bits per heavy atom. The lowest BCUT2D eigenvalue weighted by molar-refractivity contribution is 0.0943. The van der Waals surface area contributed by atoms with Crippen LogP contribution in [0.1, 0.15) is 50.7 Å². The lowest BCUT2D eigenvalue weighted by atomic mass is 10.1. The van der Waals surface area contributed by atoms with Crippen molar-refractivity contribution in [1.29, 1.82) is 0 Å². The first-order valence-electron chi connectivity index (χ1n) is 10.6. The van der Waals surface area contributed by atoms with Gasteiger partial charge in [0.1, 0.15) is 16.4 Å². The molecule has 33 heavy (non-hydrogen) atoms. The number of rotatable bonds is 6. The number of hydrogen-bond donors (Lipinski definition) is 3. The summed E-state index contributed by atoms with van der Waals surface area (Å²) in [6.45, 7) is 7.69. The summed E-state index contributed by atoms with van der Waals surface area (Å²) in [6.07, 6.45) is 0. The first-order valence-corrected chi connectivity index (χ1v) is 12.4. The summed E-state index contributed by atoms with van der Waals surface area (Å²) < 4.78 is 0. The SMILES string of the molecule is Cc1ccc(C)c(SCc2nc3sc(C(=O)N[C@H](C)c4ccccc4O)c(C)c3c(=O)[nH]2)c1. The summed E-state index contributed by atoms with van der Waals surface area (Å²) in [5, 5.41) is 13.4. The van der Waals surface area contributed by atoms with Crippen LogP contribution in [0.15, 0.2) is 52.2 Å². The Morgan fingerprint density at radius 1 is 1.21 bits per heavy atom. The highest BCUT2D eigenvalue weighted by Gasteiger charge is 2.21. The number of H-pyrrole nitrogens is 1. The smallest absolute Gasteiger partial charge is 0.262 e. The number of thiophene rings is 1. The van der Waals surface area contributed by atoms with Gasteiger partial charge in [-0.15, -0.1) is 23.1 Å². The van der Waals surface area contributed by atoms with Crippen molar-refractivity contribution in [2.75, 3.05) is 0 Å². The molecule has 3 N–H and O–H groups in total. The quantitative estimate of drug-likeness (QED) is 0.322. The molecular weight excluding hydrogens is 454 g/mol. The standard InChI is InChI=1S/C25H25N3O3S2/c1-13-9-10-14(2)19(11-13)32-12-20-27-23(30)21-15(3)22(33-25(21)28-20)24(31)26-16(4)17-7-5-6-8-18(17)29/h5-11,16,29H,12H2,1-4H3,(H,26,31)(H,27,28,30)/t16-/m1/s1. The number of hydrogen-bond acceptors (Lipinski definition) is 6. The summed E-state index contributed by atoms with van der Waals surface area (Å²) in [6, 6.07) is 12.8. The Balaban J connectivity index is 1.58. The number of phenols is 1. The van der Waals surface area contributed by atoms with Gasteiger partial charge in [0.05, 0.1) is 22.1 Å². The Kier molecular flexibility index (Phi) is 6.58. The number of para-hydroxylation sites is 1. The minimum Gasteiger partial charge on any atom is -0.508 e. The largest absolute Gasteiger partial charge is 0.508 e. The Labute approximate surface area is 200 Å². The zero-order chi connectivity index (χ0) is 23.7. The fourth-order valence-electron chi connectivity index (χ4n) is 3.68. The van der Waals surface area contributed by atoms with Crippen LogP contribution in [0.3, 0.4) is 0 Å². The lowest BCUT2D eigenvalue weighted by Crippen LogP contribution is -2.26. The van der Waals surface area contributed by atoms with Crippen molar-refractivity contribution in [3.63, 3.8) is 0 Å². The first-order chi connectivity index (χ1) is 15.7. The molecule has 170 valence electrons. The second-order valence-corrected chi connectivity index (χ2v) is 10.1. The first kappa shape index (κ1) is 23.1. The molecule has 0 unspecified atom stereocenters. The molecular formula is C25H25N3O3S2. The summed E-state index contributed by atoms with van der Waals surface area (Å²) >= 11 is 2.84. The second kappa shape index (κ2) is 9.41. The summed E-state index contributed by atoms with van der Waals surface area (Å²) in [5.41, 5.74) is 3.37. The molecule has 1 amide bonds. The molecule has 2 aromatic heterocycles. The van der Waals surface area contributed by atoms with E-state index < -0.39 is 0 Å². The van der Waals surface area contributed by atoms with Crippen molar-refractivity contribution in [2.45, 2.75) is 44.4 Å². The third-order valence-electron chi connectivity index (χ3n) is 5.51. The van der Waals surface area contributed by atoms with Crippen LogP contribution in [0.25, 0.3) is 10.2 Å². The number of carbonyl (C=O) groups is 1. The maximum absolute atomic E-state index is 13.0. The fraction of sp³-hybridized carbons (Fsp3) is 0.240. The maximum atomic E-state index is 13.0. The topological polar surface area (TPSA) is 95.1 Å². The number of thioether (sulfide) groups is 1. The number of amides is 1. The molecule has 0 saturated carbocycles. The van der Waals surface area contributed by atoms with Gasteiger partial charge in [-0.3, -0.25) is 9.59 Å². The Morgan fingerprint density at radius 3 is 2.73 bits per heavy atom. The van der Waals surface area contributed by atoms with Crippen LogP contribution >= 0.6 is 23.1 Å². The van der Waals surface area contributed by atoms with E-state index in [0.717, 1.165) is 4.90 Å².